The van der Waals surface area contributed by atoms with Crippen LogP contribution in [0.2, 0.25) is 0 Å². The van der Waals surface area contributed by atoms with Crippen molar-refractivity contribution in [1.82, 2.24) is 0 Å². The maximum atomic E-state index is 11.4. The molecule has 0 saturated carbocycles. The van der Waals surface area contributed by atoms with E-state index in [-0.39, 0.29) is 23.5 Å². The summed E-state index contributed by atoms with van der Waals surface area (Å²) in [7, 11) is 2.63. The Morgan fingerprint density at radius 3 is 2.69 bits per heavy atom. The van der Waals surface area contributed by atoms with Gasteiger partial charge in [0.25, 0.3) is 0 Å². The highest BCUT2D eigenvalue weighted by Gasteiger charge is 2.16. The van der Waals surface area contributed by atoms with Crippen LogP contribution >= 0.6 is 0 Å². The van der Waals surface area contributed by atoms with E-state index in [4.69, 9.17) is 10.00 Å². The van der Waals surface area contributed by atoms with Crippen LogP contribution in [0.5, 0.6) is 11.5 Å². The van der Waals surface area contributed by atoms with Crippen LogP contribution in [0.25, 0.3) is 0 Å². The number of esters is 1. The van der Waals surface area contributed by atoms with Gasteiger partial charge in [-0.1, -0.05) is 0 Å². The van der Waals surface area contributed by atoms with Gasteiger partial charge in [0, 0.05) is 11.6 Å². The monoisotopic (exact) mass is 221 g/mol. The lowest BCUT2D eigenvalue weighted by Gasteiger charge is -2.09. The van der Waals surface area contributed by atoms with Crippen molar-refractivity contribution < 1.29 is 19.4 Å². The average molecular weight is 221 g/mol. The summed E-state index contributed by atoms with van der Waals surface area (Å²) in [4.78, 5) is 11.4. The molecule has 0 radical (unpaired) electrons. The van der Waals surface area contributed by atoms with Crippen LogP contribution in [0, 0.1) is 11.3 Å². The van der Waals surface area contributed by atoms with Crippen molar-refractivity contribution >= 4 is 5.97 Å². The first kappa shape index (κ1) is 11.9. The molecule has 0 aliphatic carbocycles. The number of carbonyl (C=O) groups is 1. The van der Waals surface area contributed by atoms with Crippen LogP contribution in [0.15, 0.2) is 12.1 Å². The number of hydrogen-bond acceptors (Lipinski definition) is 5. The number of phenols is 1. The van der Waals surface area contributed by atoms with Crippen molar-refractivity contribution in [2.75, 3.05) is 14.2 Å². The molecule has 84 valence electrons. The third-order valence-electron chi connectivity index (χ3n) is 2.08. The number of rotatable bonds is 3. The van der Waals surface area contributed by atoms with Crippen molar-refractivity contribution in [1.29, 1.82) is 5.26 Å². The van der Waals surface area contributed by atoms with Crippen molar-refractivity contribution in [3.63, 3.8) is 0 Å². The summed E-state index contributed by atoms with van der Waals surface area (Å²) < 4.78 is 9.51. The molecule has 1 aromatic rings. The van der Waals surface area contributed by atoms with E-state index in [0.29, 0.717) is 5.56 Å². The Hall–Kier alpha value is -2.22. The number of nitrogens with zero attached hydrogens (tertiary/aromatic N) is 1. The van der Waals surface area contributed by atoms with E-state index < -0.39 is 5.97 Å². The molecule has 0 aliphatic heterocycles. The number of phenolic OH excluding ortho intramolecular Hbond substituents is 1. The van der Waals surface area contributed by atoms with Gasteiger partial charge in [-0.05, 0) is 6.07 Å². The number of nitriles is 1. The second-order valence-corrected chi connectivity index (χ2v) is 3.01. The van der Waals surface area contributed by atoms with Gasteiger partial charge in [0.15, 0.2) is 0 Å². The van der Waals surface area contributed by atoms with Crippen molar-refractivity contribution in [3.05, 3.63) is 23.3 Å². The highest BCUT2D eigenvalue weighted by molar-refractivity contribution is 5.93. The second-order valence-electron chi connectivity index (χ2n) is 3.01. The molecule has 0 fully saturated rings. The fourth-order valence-electron chi connectivity index (χ4n) is 1.28. The molecule has 0 amide bonds. The summed E-state index contributed by atoms with van der Waals surface area (Å²) in [6.45, 7) is 0. The highest BCUT2D eigenvalue weighted by atomic mass is 16.5. The summed E-state index contributed by atoms with van der Waals surface area (Å²) in [6, 6.07) is 4.58. The number of ether oxygens (including phenoxy) is 2. The largest absolute Gasteiger partial charge is 0.507 e. The zero-order valence-corrected chi connectivity index (χ0v) is 8.98. The molecular formula is C11H11NO4. The highest BCUT2D eigenvalue weighted by Crippen LogP contribution is 2.28. The Morgan fingerprint density at radius 1 is 1.50 bits per heavy atom. The SMILES string of the molecule is COC(=O)c1cc(CC#N)c(O)cc1OC. The third-order valence-corrected chi connectivity index (χ3v) is 2.08. The van der Waals surface area contributed by atoms with Gasteiger partial charge in [-0.25, -0.2) is 4.79 Å². The molecule has 1 N–H and O–H groups in total. The molecule has 5 heteroatoms. The Bertz CT molecular complexity index is 448. The minimum Gasteiger partial charge on any atom is -0.507 e. The quantitative estimate of drug-likeness (QED) is 0.777. The van der Waals surface area contributed by atoms with Crippen LogP contribution in [0.3, 0.4) is 0 Å². The maximum absolute atomic E-state index is 11.4. The number of aromatic hydroxyl groups is 1. The van der Waals surface area contributed by atoms with Gasteiger partial charge in [0.1, 0.15) is 17.1 Å². The fraction of sp³-hybridized carbons (Fsp3) is 0.273. The fourth-order valence-corrected chi connectivity index (χ4v) is 1.28. The molecule has 1 rings (SSSR count). The smallest absolute Gasteiger partial charge is 0.341 e. The molecule has 0 bridgehead atoms. The number of hydrogen-bond donors (Lipinski definition) is 1. The summed E-state index contributed by atoms with van der Waals surface area (Å²) in [5.41, 5.74) is 0.553. The molecule has 0 saturated heterocycles. The van der Waals surface area contributed by atoms with E-state index in [2.05, 4.69) is 4.74 Å². The van der Waals surface area contributed by atoms with Gasteiger partial charge in [-0.15, -0.1) is 0 Å². The van der Waals surface area contributed by atoms with Gasteiger partial charge < -0.3 is 14.6 Å². The van der Waals surface area contributed by atoms with E-state index in [1.807, 2.05) is 6.07 Å². The molecule has 5 nitrogen and oxygen atoms in total. The van der Waals surface area contributed by atoms with Crippen LogP contribution < -0.4 is 4.74 Å². The maximum Gasteiger partial charge on any atom is 0.341 e. The minimum atomic E-state index is -0.573. The third kappa shape index (κ3) is 2.23. The summed E-state index contributed by atoms with van der Waals surface area (Å²) in [5.74, 6) is -0.437. The van der Waals surface area contributed by atoms with E-state index in [1.165, 1.54) is 26.4 Å². The molecule has 16 heavy (non-hydrogen) atoms. The second kappa shape index (κ2) is 5.03. The molecule has 0 aromatic heterocycles. The van der Waals surface area contributed by atoms with Crippen LogP contribution in [-0.2, 0) is 11.2 Å². The number of methoxy groups -OCH3 is 2. The molecule has 0 heterocycles. The van der Waals surface area contributed by atoms with Gasteiger partial charge in [0.2, 0.25) is 0 Å². The standard InChI is InChI=1S/C11H11NO4/c1-15-10-6-9(13)7(3-4-12)5-8(10)11(14)16-2/h5-6,13H,3H2,1-2H3. The number of carbonyl (C=O) groups excluding carboxylic acids is 1. The Labute approximate surface area is 92.8 Å². The molecule has 0 spiro atoms. The first-order valence-corrected chi connectivity index (χ1v) is 4.49. The Balaban J connectivity index is 3.29. The van der Waals surface area contributed by atoms with Crippen LogP contribution in [0.4, 0.5) is 0 Å². The number of benzene rings is 1. The van der Waals surface area contributed by atoms with Crippen molar-refractivity contribution in [3.8, 4) is 17.6 Å². The van der Waals surface area contributed by atoms with E-state index in [9.17, 15) is 9.90 Å². The first-order chi connectivity index (χ1) is 7.63. The Kier molecular flexibility index (Phi) is 3.72. The van der Waals surface area contributed by atoms with Gasteiger partial charge >= 0.3 is 5.97 Å². The lowest BCUT2D eigenvalue weighted by molar-refractivity contribution is 0.0597. The zero-order chi connectivity index (χ0) is 12.1. The van der Waals surface area contributed by atoms with E-state index >= 15 is 0 Å². The average Bonchev–Trinajstić information content (AvgIpc) is 2.30. The van der Waals surface area contributed by atoms with Crippen molar-refractivity contribution in [2.45, 2.75) is 6.42 Å². The minimum absolute atomic E-state index is 0.0137. The summed E-state index contributed by atoms with van der Waals surface area (Å²) in [6.07, 6.45) is 0.0137. The van der Waals surface area contributed by atoms with Crippen LogP contribution in [-0.4, -0.2) is 25.3 Å². The van der Waals surface area contributed by atoms with Gasteiger partial charge in [-0.2, -0.15) is 5.26 Å². The predicted molar refractivity (Wildman–Crippen MR) is 55.3 cm³/mol. The normalized spacial score (nSPS) is 9.31. The molecule has 0 atom stereocenters. The summed E-state index contributed by atoms with van der Waals surface area (Å²) in [5, 5.41) is 18.1. The van der Waals surface area contributed by atoms with Gasteiger partial charge in [-0.3, -0.25) is 0 Å². The Morgan fingerprint density at radius 2 is 2.19 bits per heavy atom. The lowest BCUT2D eigenvalue weighted by atomic mass is 10.1. The van der Waals surface area contributed by atoms with Gasteiger partial charge in [0.05, 0.1) is 26.7 Å². The first-order valence-electron chi connectivity index (χ1n) is 4.49. The molecule has 1 aromatic carbocycles. The molecule has 0 aliphatic rings. The van der Waals surface area contributed by atoms with E-state index in [0.717, 1.165) is 0 Å². The molecule has 0 unspecified atom stereocenters. The van der Waals surface area contributed by atoms with Crippen LogP contribution in [0.1, 0.15) is 15.9 Å². The predicted octanol–water partition coefficient (Wildman–Crippen LogP) is 1.25. The molecular weight excluding hydrogens is 210 g/mol. The van der Waals surface area contributed by atoms with Crippen molar-refractivity contribution in [2.24, 2.45) is 0 Å². The summed E-state index contributed by atoms with van der Waals surface area (Å²) >= 11 is 0. The van der Waals surface area contributed by atoms with E-state index in [1.54, 1.807) is 0 Å². The zero-order valence-electron chi connectivity index (χ0n) is 8.98. The lowest BCUT2D eigenvalue weighted by Crippen LogP contribution is -2.05. The topological polar surface area (TPSA) is 79.6 Å².